The summed E-state index contributed by atoms with van der Waals surface area (Å²) in [4.78, 5) is 40.5. The highest BCUT2D eigenvalue weighted by molar-refractivity contribution is 6.47. The molecule has 2 aromatic rings. The highest BCUT2D eigenvalue weighted by atomic mass is 35.5. The average molecular weight is 426 g/mol. The molecular weight excluding hydrogens is 406 g/mol. The van der Waals surface area contributed by atoms with Crippen molar-refractivity contribution >= 4 is 46.5 Å². The summed E-state index contributed by atoms with van der Waals surface area (Å²) in [5, 5.41) is 6.25. The van der Waals surface area contributed by atoms with Crippen molar-refractivity contribution in [3.63, 3.8) is 0 Å². The van der Waals surface area contributed by atoms with E-state index in [9.17, 15) is 14.4 Å². The molecule has 0 radical (unpaired) electrons. The van der Waals surface area contributed by atoms with Crippen LogP contribution in [-0.4, -0.2) is 36.1 Å². The number of hydrogen-bond acceptors (Lipinski definition) is 6. The van der Waals surface area contributed by atoms with Crippen molar-refractivity contribution in [2.45, 2.75) is 26.8 Å². The molecule has 0 aromatic heterocycles. The molecule has 2 atom stereocenters. The summed E-state index contributed by atoms with van der Waals surface area (Å²) >= 11 is 6.21. The molecule has 0 spiro atoms. The second-order valence-corrected chi connectivity index (χ2v) is 7.61. The average Bonchev–Trinajstić information content (AvgIpc) is 3.22. The maximum Gasteiger partial charge on any atom is 0.355 e. The molecule has 0 N–H and O–H groups in total. The lowest BCUT2D eigenvalue weighted by Gasteiger charge is -2.23. The number of nitrogens with zero attached hydrogens (tertiary/aromatic N) is 3. The molecule has 7 nitrogen and oxygen atoms in total. The molecule has 1 saturated heterocycles. The number of imide groups is 1. The predicted molar refractivity (Wildman–Crippen MR) is 114 cm³/mol. The number of esters is 1. The van der Waals surface area contributed by atoms with E-state index in [2.05, 4.69) is 5.10 Å². The van der Waals surface area contributed by atoms with Crippen LogP contribution in [0.15, 0.2) is 47.6 Å². The van der Waals surface area contributed by atoms with Gasteiger partial charge in [0, 0.05) is 5.02 Å². The molecule has 0 unspecified atom stereocenters. The molecule has 2 amide bonds. The van der Waals surface area contributed by atoms with Gasteiger partial charge in [0.25, 0.3) is 5.91 Å². The molecule has 0 saturated carbocycles. The van der Waals surface area contributed by atoms with Crippen molar-refractivity contribution < 1.29 is 19.1 Å². The Kier molecular flexibility index (Phi) is 5.07. The van der Waals surface area contributed by atoms with Crippen LogP contribution in [0.25, 0.3) is 0 Å². The molecule has 30 heavy (non-hydrogen) atoms. The fourth-order valence-electron chi connectivity index (χ4n) is 3.85. The number of fused-ring (bicyclic) bond motifs is 1. The van der Waals surface area contributed by atoms with E-state index >= 15 is 0 Å². The summed E-state index contributed by atoms with van der Waals surface area (Å²) in [5.41, 5.74) is 2.53. The molecule has 154 valence electrons. The summed E-state index contributed by atoms with van der Waals surface area (Å²) in [6, 6.07) is 11.4. The smallest absolute Gasteiger partial charge is 0.355 e. The summed E-state index contributed by atoms with van der Waals surface area (Å²) in [7, 11) is 0. The van der Waals surface area contributed by atoms with Crippen LogP contribution in [0, 0.1) is 19.8 Å². The van der Waals surface area contributed by atoms with Crippen LogP contribution in [-0.2, 0) is 19.1 Å². The molecule has 2 aliphatic heterocycles. The van der Waals surface area contributed by atoms with E-state index in [1.165, 1.54) is 5.01 Å². The van der Waals surface area contributed by atoms with Gasteiger partial charge in [-0.15, -0.1) is 0 Å². The standard InChI is InChI=1S/C22H20ClN3O4/c1-4-30-22(29)18-17-19(26(24-18)14-8-5-7-12(2)11-14)21(28)25(20(17)27)16-10-6-9-15(23)13(16)3/h5-11,17,19H,4H2,1-3H3/t17-,19+/m0/s1. The zero-order valence-corrected chi connectivity index (χ0v) is 17.5. The fraction of sp³-hybridized carbons (Fsp3) is 0.273. The zero-order valence-electron chi connectivity index (χ0n) is 16.8. The van der Waals surface area contributed by atoms with Gasteiger partial charge in [0.2, 0.25) is 5.91 Å². The van der Waals surface area contributed by atoms with E-state index in [4.69, 9.17) is 16.3 Å². The molecule has 0 bridgehead atoms. The first-order valence-electron chi connectivity index (χ1n) is 9.59. The molecule has 4 rings (SSSR count). The number of carbonyl (C=O) groups is 3. The number of benzene rings is 2. The number of amides is 2. The van der Waals surface area contributed by atoms with E-state index in [-0.39, 0.29) is 12.3 Å². The van der Waals surface area contributed by atoms with Crippen LogP contribution >= 0.6 is 11.6 Å². The summed E-state index contributed by atoms with van der Waals surface area (Å²) < 4.78 is 5.11. The first-order chi connectivity index (χ1) is 14.3. The number of anilines is 2. The van der Waals surface area contributed by atoms with Gasteiger partial charge >= 0.3 is 5.97 Å². The zero-order chi connectivity index (χ0) is 21.6. The Morgan fingerprint density at radius 1 is 1.13 bits per heavy atom. The molecule has 8 heteroatoms. The Balaban J connectivity index is 1.83. The SMILES string of the molecule is CCOC(=O)C1=NN(c2cccc(C)c2)[C@H]2C(=O)N(c3cccc(Cl)c3C)C(=O)[C@@H]12. The quantitative estimate of drug-likeness (QED) is 0.555. The lowest BCUT2D eigenvalue weighted by atomic mass is 9.97. The van der Waals surface area contributed by atoms with Gasteiger partial charge in [-0.3, -0.25) is 14.6 Å². The number of ether oxygens (including phenoxy) is 1. The van der Waals surface area contributed by atoms with Crippen LogP contribution in [0.3, 0.4) is 0 Å². The van der Waals surface area contributed by atoms with Crippen LogP contribution in [0.5, 0.6) is 0 Å². The van der Waals surface area contributed by atoms with Crippen LogP contribution in [0.4, 0.5) is 11.4 Å². The van der Waals surface area contributed by atoms with Crippen LogP contribution in [0.2, 0.25) is 5.02 Å². The van der Waals surface area contributed by atoms with Crippen molar-refractivity contribution in [1.29, 1.82) is 0 Å². The minimum atomic E-state index is -1.05. The van der Waals surface area contributed by atoms with Crippen molar-refractivity contribution in [1.82, 2.24) is 0 Å². The Hall–Kier alpha value is -3.19. The van der Waals surface area contributed by atoms with E-state index in [1.807, 2.05) is 25.1 Å². The number of aryl methyl sites for hydroxylation is 1. The minimum absolute atomic E-state index is 0.0658. The topological polar surface area (TPSA) is 79.3 Å². The van der Waals surface area contributed by atoms with Gasteiger partial charge in [0.1, 0.15) is 12.0 Å². The van der Waals surface area contributed by atoms with E-state index in [0.717, 1.165) is 10.5 Å². The maximum absolute atomic E-state index is 13.5. The van der Waals surface area contributed by atoms with Crippen molar-refractivity contribution in [2.75, 3.05) is 16.5 Å². The number of carbonyl (C=O) groups excluding carboxylic acids is 3. The molecular formula is C22H20ClN3O4. The highest BCUT2D eigenvalue weighted by Crippen LogP contribution is 2.39. The fourth-order valence-corrected chi connectivity index (χ4v) is 4.02. The number of hydrazone groups is 1. The Morgan fingerprint density at radius 3 is 2.57 bits per heavy atom. The predicted octanol–water partition coefficient (Wildman–Crippen LogP) is 3.25. The molecule has 1 fully saturated rings. The highest BCUT2D eigenvalue weighted by Gasteiger charge is 2.59. The molecule has 2 aromatic carbocycles. The normalized spacial score (nSPS) is 20.5. The molecule has 2 heterocycles. The van der Waals surface area contributed by atoms with Crippen LogP contribution in [0.1, 0.15) is 18.1 Å². The van der Waals surface area contributed by atoms with Gasteiger partial charge in [-0.05, 0) is 56.2 Å². The van der Waals surface area contributed by atoms with E-state index in [1.54, 1.807) is 38.1 Å². The molecule has 2 aliphatic rings. The third-order valence-corrected chi connectivity index (χ3v) is 5.69. The number of halogens is 1. The lowest BCUT2D eigenvalue weighted by Crippen LogP contribution is -2.39. The third-order valence-electron chi connectivity index (χ3n) is 5.28. The van der Waals surface area contributed by atoms with Crippen LogP contribution < -0.4 is 9.91 Å². The Morgan fingerprint density at radius 2 is 1.87 bits per heavy atom. The van der Waals surface area contributed by atoms with Gasteiger partial charge in [-0.1, -0.05) is 29.8 Å². The third kappa shape index (κ3) is 3.06. The maximum atomic E-state index is 13.5. The Labute approximate surface area is 178 Å². The van der Waals surface area contributed by atoms with Crippen molar-refractivity contribution in [2.24, 2.45) is 11.0 Å². The van der Waals surface area contributed by atoms with E-state index in [0.29, 0.717) is 22.0 Å². The van der Waals surface area contributed by atoms with Gasteiger partial charge in [-0.25, -0.2) is 9.69 Å². The second kappa shape index (κ2) is 7.57. The van der Waals surface area contributed by atoms with Gasteiger partial charge in [0.15, 0.2) is 5.71 Å². The molecule has 0 aliphatic carbocycles. The lowest BCUT2D eigenvalue weighted by molar-refractivity contribution is -0.136. The van der Waals surface area contributed by atoms with Crippen molar-refractivity contribution in [3.8, 4) is 0 Å². The van der Waals surface area contributed by atoms with Gasteiger partial charge < -0.3 is 4.74 Å². The summed E-state index contributed by atoms with van der Waals surface area (Å²) in [6.07, 6.45) is 0. The largest absolute Gasteiger partial charge is 0.461 e. The van der Waals surface area contributed by atoms with Crippen molar-refractivity contribution in [3.05, 3.63) is 58.6 Å². The number of hydrogen-bond donors (Lipinski definition) is 0. The number of rotatable bonds is 4. The second-order valence-electron chi connectivity index (χ2n) is 7.21. The first-order valence-corrected chi connectivity index (χ1v) is 9.97. The monoisotopic (exact) mass is 425 g/mol. The first kappa shape index (κ1) is 20.1. The van der Waals surface area contributed by atoms with Gasteiger partial charge in [0.05, 0.1) is 18.0 Å². The Bertz CT molecular complexity index is 1100. The summed E-state index contributed by atoms with van der Waals surface area (Å²) in [6.45, 7) is 5.46. The summed E-state index contributed by atoms with van der Waals surface area (Å²) in [5.74, 6) is -2.72. The minimum Gasteiger partial charge on any atom is -0.461 e. The van der Waals surface area contributed by atoms with Gasteiger partial charge in [-0.2, -0.15) is 5.10 Å². The van der Waals surface area contributed by atoms with E-state index < -0.39 is 29.7 Å².